The van der Waals surface area contributed by atoms with E-state index < -0.39 is 0 Å². The number of halogens is 1. The lowest BCUT2D eigenvalue weighted by molar-refractivity contribution is 0.318. The van der Waals surface area contributed by atoms with Crippen molar-refractivity contribution in [1.82, 2.24) is 4.98 Å². The first-order valence-electron chi connectivity index (χ1n) is 5.50. The van der Waals surface area contributed by atoms with Gasteiger partial charge in [-0.3, -0.25) is 4.79 Å². The van der Waals surface area contributed by atoms with Crippen LogP contribution in [0.15, 0.2) is 29.2 Å². The summed E-state index contributed by atoms with van der Waals surface area (Å²) < 4.78 is 5.48. The van der Waals surface area contributed by atoms with E-state index in [1.807, 2.05) is 6.07 Å². The first-order valence-corrected chi connectivity index (χ1v) is 6.04. The maximum absolute atomic E-state index is 11.8. The van der Waals surface area contributed by atoms with Gasteiger partial charge in [-0.2, -0.15) is 5.26 Å². The molecule has 92 valence electrons. The van der Waals surface area contributed by atoms with E-state index >= 15 is 0 Å². The van der Waals surface area contributed by atoms with Gasteiger partial charge in [0.05, 0.1) is 12.1 Å². The molecule has 0 aliphatic heterocycles. The number of pyridine rings is 1. The van der Waals surface area contributed by atoms with Crippen molar-refractivity contribution in [2.24, 2.45) is 0 Å². The smallest absolute Gasteiger partial charge is 0.207 e. The number of H-pyrrole nitrogens is 1. The van der Waals surface area contributed by atoms with Gasteiger partial charge in [0.1, 0.15) is 17.4 Å². The standard InChI is InChI=1S/C13H11ClN2O2/c14-4-1-5-18-10-2-3-11-12(6-10)16-8-9(7-15)13(11)17/h2-3,6,8H,1,4-5H2,(H,16,17). The number of benzene rings is 1. The molecule has 2 aromatic rings. The third kappa shape index (κ3) is 2.47. The van der Waals surface area contributed by atoms with E-state index in [1.54, 1.807) is 18.2 Å². The fourth-order valence-corrected chi connectivity index (χ4v) is 1.73. The minimum atomic E-state index is -0.265. The second-order valence-electron chi connectivity index (χ2n) is 3.74. The molecule has 0 fully saturated rings. The third-order valence-electron chi connectivity index (χ3n) is 2.52. The summed E-state index contributed by atoms with van der Waals surface area (Å²) in [4.78, 5) is 14.7. The highest BCUT2D eigenvalue weighted by atomic mass is 35.5. The SMILES string of the molecule is N#Cc1c[nH]c2cc(OCCCCl)ccc2c1=O. The number of hydrogen-bond acceptors (Lipinski definition) is 3. The largest absolute Gasteiger partial charge is 0.493 e. The summed E-state index contributed by atoms with van der Waals surface area (Å²) in [7, 11) is 0. The molecular formula is C13H11ClN2O2. The lowest BCUT2D eigenvalue weighted by Crippen LogP contribution is -2.07. The van der Waals surface area contributed by atoms with E-state index in [9.17, 15) is 4.79 Å². The quantitative estimate of drug-likeness (QED) is 0.680. The zero-order chi connectivity index (χ0) is 13.0. The molecule has 1 heterocycles. The number of rotatable bonds is 4. The van der Waals surface area contributed by atoms with Crippen molar-refractivity contribution in [2.75, 3.05) is 12.5 Å². The lowest BCUT2D eigenvalue weighted by atomic mass is 10.1. The molecule has 0 aliphatic carbocycles. The van der Waals surface area contributed by atoms with Gasteiger partial charge in [0, 0.05) is 23.5 Å². The van der Waals surface area contributed by atoms with Crippen LogP contribution in [0, 0.1) is 11.3 Å². The van der Waals surface area contributed by atoms with E-state index in [1.165, 1.54) is 6.20 Å². The highest BCUT2D eigenvalue weighted by Crippen LogP contribution is 2.17. The van der Waals surface area contributed by atoms with E-state index in [0.29, 0.717) is 29.1 Å². The predicted octanol–water partition coefficient (Wildman–Crippen LogP) is 2.41. The Morgan fingerprint density at radius 3 is 3.00 bits per heavy atom. The van der Waals surface area contributed by atoms with Crippen molar-refractivity contribution in [3.8, 4) is 11.8 Å². The summed E-state index contributed by atoms with van der Waals surface area (Å²) in [5.41, 5.74) is 0.499. The Morgan fingerprint density at radius 1 is 1.44 bits per heavy atom. The van der Waals surface area contributed by atoms with Crippen molar-refractivity contribution in [1.29, 1.82) is 5.26 Å². The van der Waals surface area contributed by atoms with Gasteiger partial charge >= 0.3 is 0 Å². The lowest BCUT2D eigenvalue weighted by Gasteiger charge is -2.06. The highest BCUT2D eigenvalue weighted by molar-refractivity contribution is 6.17. The van der Waals surface area contributed by atoms with Crippen LogP contribution in [0.25, 0.3) is 10.9 Å². The summed E-state index contributed by atoms with van der Waals surface area (Å²) in [6, 6.07) is 6.97. The molecule has 0 radical (unpaired) electrons. The zero-order valence-electron chi connectivity index (χ0n) is 9.57. The maximum Gasteiger partial charge on any atom is 0.207 e. The fourth-order valence-electron chi connectivity index (χ4n) is 1.62. The van der Waals surface area contributed by atoms with Crippen LogP contribution in [0.3, 0.4) is 0 Å². The zero-order valence-corrected chi connectivity index (χ0v) is 10.3. The number of fused-ring (bicyclic) bond motifs is 1. The maximum atomic E-state index is 11.8. The van der Waals surface area contributed by atoms with Gasteiger partial charge in [-0.05, 0) is 18.6 Å². The Bertz CT molecular complexity index is 658. The van der Waals surface area contributed by atoms with Crippen LogP contribution >= 0.6 is 11.6 Å². The van der Waals surface area contributed by atoms with Crippen LogP contribution in [0.2, 0.25) is 0 Å². The normalized spacial score (nSPS) is 10.2. The van der Waals surface area contributed by atoms with Gasteiger partial charge < -0.3 is 9.72 Å². The number of aromatic amines is 1. The van der Waals surface area contributed by atoms with Crippen LogP contribution in [0.4, 0.5) is 0 Å². The van der Waals surface area contributed by atoms with E-state index in [4.69, 9.17) is 21.6 Å². The molecule has 5 heteroatoms. The third-order valence-corrected chi connectivity index (χ3v) is 2.79. The van der Waals surface area contributed by atoms with E-state index in [2.05, 4.69) is 4.98 Å². The molecule has 0 atom stereocenters. The molecule has 0 saturated carbocycles. The van der Waals surface area contributed by atoms with Gasteiger partial charge in [0.25, 0.3) is 0 Å². The molecule has 0 aliphatic rings. The Kier molecular flexibility index (Phi) is 3.85. The summed E-state index contributed by atoms with van der Waals surface area (Å²) in [5, 5.41) is 9.25. The van der Waals surface area contributed by atoms with Gasteiger partial charge in [-0.15, -0.1) is 11.6 Å². The number of hydrogen-bond donors (Lipinski definition) is 1. The number of nitrogens with one attached hydrogen (secondary N) is 1. The number of alkyl halides is 1. The van der Waals surface area contributed by atoms with Crippen molar-refractivity contribution in [3.05, 3.63) is 40.2 Å². The van der Waals surface area contributed by atoms with Gasteiger partial charge in [0.2, 0.25) is 5.43 Å². The second-order valence-corrected chi connectivity index (χ2v) is 4.12. The molecule has 0 saturated heterocycles. The molecule has 1 aromatic carbocycles. The van der Waals surface area contributed by atoms with E-state index in [0.717, 1.165) is 6.42 Å². The monoisotopic (exact) mass is 262 g/mol. The Labute approximate surface area is 109 Å². The van der Waals surface area contributed by atoms with Crippen molar-refractivity contribution in [2.45, 2.75) is 6.42 Å². The van der Waals surface area contributed by atoms with Crippen LogP contribution in [-0.2, 0) is 0 Å². The van der Waals surface area contributed by atoms with Gasteiger partial charge in [-0.1, -0.05) is 0 Å². The molecule has 0 amide bonds. The van der Waals surface area contributed by atoms with Gasteiger partial charge in [0.15, 0.2) is 0 Å². The highest BCUT2D eigenvalue weighted by Gasteiger charge is 2.05. The topological polar surface area (TPSA) is 65.9 Å². The Balaban J connectivity index is 2.36. The van der Waals surface area contributed by atoms with Crippen molar-refractivity contribution in [3.63, 3.8) is 0 Å². The van der Waals surface area contributed by atoms with Gasteiger partial charge in [-0.25, -0.2) is 0 Å². The summed E-state index contributed by atoms with van der Waals surface area (Å²) in [5.74, 6) is 1.23. The molecule has 18 heavy (non-hydrogen) atoms. The molecule has 2 rings (SSSR count). The summed E-state index contributed by atoms with van der Waals surface area (Å²) in [6.45, 7) is 0.537. The summed E-state index contributed by atoms with van der Waals surface area (Å²) >= 11 is 5.56. The Morgan fingerprint density at radius 2 is 2.28 bits per heavy atom. The fraction of sp³-hybridized carbons (Fsp3) is 0.231. The molecule has 0 bridgehead atoms. The average molecular weight is 263 g/mol. The van der Waals surface area contributed by atoms with Crippen LogP contribution < -0.4 is 10.2 Å². The molecule has 1 aromatic heterocycles. The van der Waals surface area contributed by atoms with Crippen molar-refractivity contribution < 1.29 is 4.74 Å². The number of ether oxygens (including phenoxy) is 1. The molecule has 0 unspecified atom stereocenters. The van der Waals surface area contributed by atoms with Crippen LogP contribution in [0.5, 0.6) is 5.75 Å². The first-order chi connectivity index (χ1) is 8.76. The predicted molar refractivity (Wildman–Crippen MR) is 70.1 cm³/mol. The second kappa shape index (κ2) is 5.56. The van der Waals surface area contributed by atoms with Crippen LogP contribution in [0.1, 0.15) is 12.0 Å². The number of nitrogens with zero attached hydrogens (tertiary/aromatic N) is 1. The molecule has 0 spiro atoms. The minimum Gasteiger partial charge on any atom is -0.493 e. The van der Waals surface area contributed by atoms with Crippen LogP contribution in [-0.4, -0.2) is 17.5 Å². The first kappa shape index (κ1) is 12.5. The number of aromatic nitrogens is 1. The Hall–Kier alpha value is -1.99. The summed E-state index contributed by atoms with van der Waals surface area (Å²) in [6.07, 6.45) is 2.18. The molecular weight excluding hydrogens is 252 g/mol. The average Bonchev–Trinajstić information content (AvgIpc) is 2.39. The molecule has 4 nitrogen and oxygen atoms in total. The number of nitriles is 1. The molecule has 1 N–H and O–H groups in total. The van der Waals surface area contributed by atoms with Crippen molar-refractivity contribution >= 4 is 22.5 Å². The minimum absolute atomic E-state index is 0.110. The van der Waals surface area contributed by atoms with E-state index in [-0.39, 0.29) is 11.0 Å².